The van der Waals surface area contributed by atoms with Gasteiger partial charge in [-0.2, -0.15) is 0 Å². The molecule has 0 bridgehead atoms. The van der Waals surface area contributed by atoms with Gasteiger partial charge in [-0.3, -0.25) is 0 Å². The van der Waals surface area contributed by atoms with Gasteiger partial charge in [-0.05, 0) is 81.4 Å². The predicted molar refractivity (Wildman–Crippen MR) is 95.8 cm³/mol. The number of aryl methyl sites for hydroxylation is 1. The van der Waals surface area contributed by atoms with Crippen molar-refractivity contribution < 1.29 is 0 Å². The van der Waals surface area contributed by atoms with Gasteiger partial charge in [0.1, 0.15) is 0 Å². The molecule has 0 spiro atoms. The Kier molecular flexibility index (Phi) is 5.84. The second-order valence-corrected chi connectivity index (χ2v) is 8.20. The zero-order valence-corrected chi connectivity index (χ0v) is 16.0. The van der Waals surface area contributed by atoms with Crippen LogP contribution in [0.5, 0.6) is 0 Å². The molecule has 2 rings (SSSR count). The van der Waals surface area contributed by atoms with Gasteiger partial charge >= 0.3 is 0 Å². The summed E-state index contributed by atoms with van der Waals surface area (Å²) in [5.41, 5.74) is 4.10. The van der Waals surface area contributed by atoms with E-state index in [1.807, 2.05) is 0 Å². The molecule has 108 valence electrons. The first-order valence-electron chi connectivity index (χ1n) is 6.78. The normalized spacial score (nSPS) is 12.7. The number of halogens is 2. The van der Waals surface area contributed by atoms with Crippen LogP contribution in [0.1, 0.15) is 41.0 Å². The van der Waals surface area contributed by atoms with E-state index in [4.69, 9.17) is 0 Å². The van der Waals surface area contributed by atoms with E-state index in [-0.39, 0.29) is 6.04 Å². The molecular formula is C16H19Br2NS. The molecular weight excluding hydrogens is 398 g/mol. The minimum absolute atomic E-state index is 0.266. The summed E-state index contributed by atoms with van der Waals surface area (Å²) in [5, 5.41) is 3.68. The van der Waals surface area contributed by atoms with Crippen molar-refractivity contribution in [3.8, 4) is 0 Å². The minimum atomic E-state index is 0.266. The van der Waals surface area contributed by atoms with Crippen molar-refractivity contribution in [2.45, 2.75) is 33.2 Å². The summed E-state index contributed by atoms with van der Waals surface area (Å²) in [5.74, 6) is 0. The van der Waals surface area contributed by atoms with Crippen molar-refractivity contribution in [2.75, 3.05) is 6.54 Å². The highest BCUT2D eigenvalue weighted by Crippen LogP contribution is 2.38. The summed E-state index contributed by atoms with van der Waals surface area (Å²) in [6.07, 6.45) is 1.13. The Hall–Kier alpha value is -0.160. The van der Waals surface area contributed by atoms with Crippen LogP contribution >= 0.6 is 43.2 Å². The Morgan fingerprint density at radius 1 is 1.25 bits per heavy atom. The number of hydrogen-bond acceptors (Lipinski definition) is 2. The summed E-state index contributed by atoms with van der Waals surface area (Å²) in [7, 11) is 0. The van der Waals surface area contributed by atoms with E-state index in [1.165, 1.54) is 21.6 Å². The highest BCUT2D eigenvalue weighted by Gasteiger charge is 2.19. The number of nitrogens with one attached hydrogen (secondary N) is 1. The van der Waals surface area contributed by atoms with E-state index in [2.05, 4.69) is 82.2 Å². The van der Waals surface area contributed by atoms with Crippen molar-refractivity contribution >= 4 is 43.2 Å². The molecule has 0 saturated carbocycles. The summed E-state index contributed by atoms with van der Waals surface area (Å²) >= 11 is 8.99. The van der Waals surface area contributed by atoms with Crippen LogP contribution < -0.4 is 5.32 Å². The molecule has 1 nitrogen and oxygen atoms in total. The highest BCUT2D eigenvalue weighted by molar-refractivity contribution is 9.13. The fourth-order valence-corrected chi connectivity index (χ4v) is 4.43. The summed E-state index contributed by atoms with van der Waals surface area (Å²) in [6, 6.07) is 9.04. The molecule has 4 heteroatoms. The van der Waals surface area contributed by atoms with Crippen molar-refractivity contribution in [1.82, 2.24) is 5.32 Å². The van der Waals surface area contributed by atoms with Gasteiger partial charge in [0.05, 0.1) is 9.83 Å². The first-order chi connectivity index (χ1) is 9.54. The van der Waals surface area contributed by atoms with E-state index in [0.717, 1.165) is 21.2 Å². The lowest BCUT2D eigenvalue weighted by molar-refractivity contribution is 0.603. The Labute approximate surface area is 142 Å². The molecule has 20 heavy (non-hydrogen) atoms. The van der Waals surface area contributed by atoms with Gasteiger partial charge in [-0.25, -0.2) is 0 Å². The van der Waals surface area contributed by atoms with Gasteiger partial charge in [-0.15, -0.1) is 11.3 Å². The van der Waals surface area contributed by atoms with Gasteiger partial charge < -0.3 is 5.32 Å². The summed E-state index contributed by atoms with van der Waals surface area (Å²) in [6.45, 7) is 7.61. The molecule has 0 aliphatic heterocycles. The summed E-state index contributed by atoms with van der Waals surface area (Å²) in [4.78, 5) is 1.34. The average molecular weight is 417 g/mol. The van der Waals surface area contributed by atoms with E-state index < -0.39 is 0 Å². The lowest BCUT2D eigenvalue weighted by Crippen LogP contribution is -2.23. The maximum atomic E-state index is 3.68. The molecule has 1 atom stereocenters. The van der Waals surface area contributed by atoms with Crippen molar-refractivity contribution in [2.24, 2.45) is 0 Å². The van der Waals surface area contributed by atoms with Gasteiger partial charge in [0.25, 0.3) is 0 Å². The maximum Gasteiger partial charge on any atom is 0.0843 e. The molecule has 0 aliphatic carbocycles. The van der Waals surface area contributed by atoms with Crippen LogP contribution in [0.15, 0.2) is 32.5 Å². The SMILES string of the molecule is CCCNC(c1cc(Br)c(Br)s1)c1cccc(C)c1C. The van der Waals surface area contributed by atoms with Crippen LogP contribution in [-0.2, 0) is 0 Å². The molecule has 1 N–H and O–H groups in total. The Bertz CT molecular complexity index is 573. The Balaban J connectivity index is 2.44. The topological polar surface area (TPSA) is 12.0 Å². The van der Waals surface area contributed by atoms with Crippen LogP contribution in [0.3, 0.4) is 0 Å². The molecule has 0 amide bonds. The number of benzene rings is 1. The quantitative estimate of drug-likeness (QED) is 0.632. The number of rotatable bonds is 5. The lowest BCUT2D eigenvalue weighted by atomic mass is 9.96. The van der Waals surface area contributed by atoms with Gasteiger partial charge in [-0.1, -0.05) is 25.1 Å². The van der Waals surface area contributed by atoms with Gasteiger partial charge in [0.15, 0.2) is 0 Å². The molecule has 0 saturated heterocycles. The molecule has 0 aliphatic rings. The van der Waals surface area contributed by atoms with Crippen molar-refractivity contribution in [3.05, 3.63) is 54.1 Å². The first kappa shape index (κ1) is 16.2. The highest BCUT2D eigenvalue weighted by atomic mass is 79.9. The fourth-order valence-electron chi connectivity index (χ4n) is 2.24. The molecule has 2 aromatic rings. The standard InChI is InChI=1S/C16H19Br2NS/c1-4-8-19-15(14-9-13(17)16(18)20-14)12-7-5-6-10(2)11(12)3/h5-7,9,15,19H,4,8H2,1-3H3. The summed E-state index contributed by atoms with van der Waals surface area (Å²) < 4.78 is 2.28. The molecule has 1 aromatic carbocycles. The average Bonchev–Trinajstić information content (AvgIpc) is 2.74. The van der Waals surface area contributed by atoms with Gasteiger partial charge in [0.2, 0.25) is 0 Å². The monoisotopic (exact) mass is 415 g/mol. The number of hydrogen-bond donors (Lipinski definition) is 1. The first-order valence-corrected chi connectivity index (χ1v) is 9.19. The predicted octanol–water partition coefficient (Wildman–Crippen LogP) is 5.98. The molecule has 0 radical (unpaired) electrons. The van der Waals surface area contributed by atoms with Crippen LogP contribution in [0.25, 0.3) is 0 Å². The number of thiophene rings is 1. The van der Waals surface area contributed by atoms with E-state index >= 15 is 0 Å². The minimum Gasteiger partial charge on any atom is -0.306 e. The zero-order valence-electron chi connectivity index (χ0n) is 12.0. The lowest BCUT2D eigenvalue weighted by Gasteiger charge is -2.20. The second kappa shape index (κ2) is 7.21. The van der Waals surface area contributed by atoms with Crippen molar-refractivity contribution in [1.29, 1.82) is 0 Å². The molecule has 1 aromatic heterocycles. The Morgan fingerprint density at radius 2 is 2.00 bits per heavy atom. The van der Waals surface area contributed by atoms with Crippen LogP contribution in [0.2, 0.25) is 0 Å². The molecule has 1 heterocycles. The van der Waals surface area contributed by atoms with Crippen LogP contribution in [-0.4, -0.2) is 6.54 Å². The maximum absolute atomic E-state index is 3.68. The van der Waals surface area contributed by atoms with E-state index in [1.54, 1.807) is 11.3 Å². The Morgan fingerprint density at radius 3 is 2.60 bits per heavy atom. The van der Waals surface area contributed by atoms with Crippen molar-refractivity contribution in [3.63, 3.8) is 0 Å². The molecule has 1 unspecified atom stereocenters. The molecule has 0 fully saturated rings. The zero-order chi connectivity index (χ0) is 14.7. The van der Waals surface area contributed by atoms with E-state index in [0.29, 0.717) is 0 Å². The third kappa shape index (κ3) is 3.53. The largest absolute Gasteiger partial charge is 0.306 e. The third-order valence-corrected chi connectivity index (χ3v) is 6.83. The second-order valence-electron chi connectivity index (χ2n) is 4.95. The van der Waals surface area contributed by atoms with Gasteiger partial charge in [0, 0.05) is 9.35 Å². The smallest absolute Gasteiger partial charge is 0.0843 e. The fraction of sp³-hybridized carbons (Fsp3) is 0.375. The van der Waals surface area contributed by atoms with E-state index in [9.17, 15) is 0 Å². The third-order valence-electron chi connectivity index (χ3n) is 3.50. The van der Waals surface area contributed by atoms with Crippen LogP contribution in [0.4, 0.5) is 0 Å². The van der Waals surface area contributed by atoms with Crippen LogP contribution in [0, 0.1) is 13.8 Å².